The maximum absolute atomic E-state index is 12.1. The van der Waals surface area contributed by atoms with Crippen LogP contribution < -0.4 is 0 Å². The Morgan fingerprint density at radius 1 is 1.37 bits per heavy atom. The third kappa shape index (κ3) is 2.93. The first-order valence-electron chi connectivity index (χ1n) is 7.26. The van der Waals surface area contributed by atoms with Crippen LogP contribution in [-0.2, 0) is 9.53 Å². The highest BCUT2D eigenvalue weighted by molar-refractivity contribution is 5.87. The van der Waals surface area contributed by atoms with Crippen molar-refractivity contribution in [2.24, 2.45) is 5.41 Å². The Morgan fingerprint density at radius 3 is 2.53 bits per heavy atom. The highest BCUT2D eigenvalue weighted by Crippen LogP contribution is 2.45. The Kier molecular flexibility index (Phi) is 3.63. The lowest BCUT2D eigenvalue weighted by Crippen LogP contribution is -2.51. The number of piperidine rings is 1. The van der Waals surface area contributed by atoms with Gasteiger partial charge >= 0.3 is 6.09 Å². The van der Waals surface area contributed by atoms with Crippen LogP contribution in [0.2, 0.25) is 0 Å². The van der Waals surface area contributed by atoms with Crippen molar-refractivity contribution in [3.63, 3.8) is 0 Å². The van der Waals surface area contributed by atoms with Gasteiger partial charge in [0.15, 0.2) is 0 Å². The second-order valence-corrected chi connectivity index (χ2v) is 7.03. The van der Waals surface area contributed by atoms with Gasteiger partial charge in [0.25, 0.3) is 0 Å². The molecule has 0 unspecified atom stereocenters. The monoisotopic (exact) mass is 267 g/mol. The molecule has 4 heteroatoms. The summed E-state index contributed by atoms with van der Waals surface area (Å²) in [5.41, 5.74) is -0.604. The van der Waals surface area contributed by atoms with Gasteiger partial charge in [0.05, 0.1) is 0 Å². The summed E-state index contributed by atoms with van der Waals surface area (Å²) in [5.74, 6) is 0.406. The maximum atomic E-state index is 12.1. The molecule has 2 atom stereocenters. The molecule has 2 fully saturated rings. The molecule has 19 heavy (non-hydrogen) atoms. The summed E-state index contributed by atoms with van der Waals surface area (Å²) in [5, 5.41) is 0. The fraction of sp³-hybridized carbons (Fsp3) is 0.867. The first-order chi connectivity index (χ1) is 8.73. The second kappa shape index (κ2) is 4.80. The summed E-state index contributed by atoms with van der Waals surface area (Å²) in [6.45, 7) is 8.29. The van der Waals surface area contributed by atoms with E-state index in [-0.39, 0.29) is 17.6 Å². The Labute approximate surface area is 115 Å². The van der Waals surface area contributed by atoms with E-state index in [9.17, 15) is 9.59 Å². The van der Waals surface area contributed by atoms with Gasteiger partial charge in [-0.3, -0.25) is 4.79 Å². The number of carbonyl (C=O) groups excluding carboxylic acids is 2. The van der Waals surface area contributed by atoms with E-state index < -0.39 is 5.60 Å². The zero-order valence-electron chi connectivity index (χ0n) is 12.5. The molecule has 0 radical (unpaired) electrons. The normalized spacial score (nSPS) is 31.9. The maximum Gasteiger partial charge on any atom is 0.410 e. The van der Waals surface area contributed by atoms with Gasteiger partial charge in [-0.2, -0.15) is 0 Å². The van der Waals surface area contributed by atoms with Crippen molar-refractivity contribution < 1.29 is 14.3 Å². The molecule has 2 aliphatic rings. The first kappa shape index (κ1) is 14.4. The molecule has 1 saturated carbocycles. The first-order valence-corrected chi connectivity index (χ1v) is 7.26. The highest BCUT2D eigenvalue weighted by atomic mass is 16.6. The van der Waals surface area contributed by atoms with Crippen molar-refractivity contribution in [2.75, 3.05) is 6.54 Å². The molecule has 4 nitrogen and oxygen atoms in total. The molecule has 1 saturated heterocycles. The summed E-state index contributed by atoms with van der Waals surface area (Å²) >= 11 is 0. The Hall–Kier alpha value is -1.06. The smallest absolute Gasteiger partial charge is 0.410 e. The number of likely N-dealkylation sites (tertiary alicyclic amines) is 1. The molecular weight excluding hydrogens is 242 g/mol. The predicted octanol–water partition coefficient (Wildman–Crippen LogP) is 3.15. The molecule has 1 heterocycles. The topological polar surface area (TPSA) is 46.6 Å². The van der Waals surface area contributed by atoms with Crippen LogP contribution in [0.4, 0.5) is 4.79 Å². The van der Waals surface area contributed by atoms with E-state index in [2.05, 4.69) is 0 Å². The quantitative estimate of drug-likeness (QED) is 0.677. The van der Waals surface area contributed by atoms with E-state index in [0.29, 0.717) is 12.3 Å². The van der Waals surface area contributed by atoms with Gasteiger partial charge in [0.1, 0.15) is 11.4 Å². The average molecular weight is 267 g/mol. The van der Waals surface area contributed by atoms with Gasteiger partial charge in [0.2, 0.25) is 0 Å². The molecule has 1 spiro atoms. The minimum absolute atomic E-state index is 0.0886. The number of ketones is 1. The lowest BCUT2D eigenvalue weighted by molar-refractivity contribution is -0.129. The third-order valence-corrected chi connectivity index (χ3v) is 4.33. The Morgan fingerprint density at radius 2 is 2.05 bits per heavy atom. The molecule has 1 amide bonds. The summed E-state index contributed by atoms with van der Waals surface area (Å²) in [6.07, 6.45) is 4.08. The van der Waals surface area contributed by atoms with Crippen molar-refractivity contribution in [2.45, 2.75) is 71.4 Å². The molecule has 0 N–H and O–H groups in total. The van der Waals surface area contributed by atoms with E-state index in [1.165, 1.54) is 0 Å². The van der Waals surface area contributed by atoms with Crippen molar-refractivity contribution in [1.82, 2.24) is 4.90 Å². The van der Waals surface area contributed by atoms with Crippen LogP contribution in [0.25, 0.3) is 0 Å². The number of carbonyl (C=O) groups is 2. The lowest BCUT2D eigenvalue weighted by Gasteiger charge is -2.43. The Balaban J connectivity index is 2.01. The van der Waals surface area contributed by atoms with E-state index in [4.69, 9.17) is 4.74 Å². The van der Waals surface area contributed by atoms with Crippen LogP contribution in [0.15, 0.2) is 0 Å². The zero-order chi connectivity index (χ0) is 14.3. The summed E-state index contributed by atoms with van der Waals surface area (Å²) in [6, 6.07) is 0.0886. The highest BCUT2D eigenvalue weighted by Gasteiger charge is 2.47. The van der Waals surface area contributed by atoms with Crippen molar-refractivity contribution in [1.29, 1.82) is 0 Å². The molecule has 1 aliphatic heterocycles. The van der Waals surface area contributed by atoms with Crippen molar-refractivity contribution in [3.05, 3.63) is 0 Å². The van der Waals surface area contributed by atoms with Crippen molar-refractivity contribution >= 4 is 11.9 Å². The van der Waals surface area contributed by atoms with Gasteiger partial charge in [-0.15, -0.1) is 0 Å². The molecule has 0 bridgehead atoms. The van der Waals surface area contributed by atoms with Crippen LogP contribution in [0.3, 0.4) is 0 Å². The standard InChI is InChI=1S/C15H25NO3/c1-11-10-15(7-5-6-12(15)17)8-9-16(11)13(18)19-14(2,3)4/h11H,5-10H2,1-4H3/t11-,15-/m1/s1. The number of Topliss-reactive ketones (excluding diaryl/α,β-unsaturated/α-hetero) is 1. The van der Waals surface area contributed by atoms with E-state index in [0.717, 1.165) is 32.1 Å². The fourth-order valence-electron chi connectivity index (χ4n) is 3.40. The number of rotatable bonds is 0. The van der Waals surface area contributed by atoms with E-state index in [1.807, 2.05) is 27.7 Å². The van der Waals surface area contributed by atoms with Gasteiger partial charge in [0, 0.05) is 24.4 Å². The lowest BCUT2D eigenvalue weighted by atomic mass is 9.73. The predicted molar refractivity (Wildman–Crippen MR) is 72.9 cm³/mol. The largest absolute Gasteiger partial charge is 0.444 e. The number of hydrogen-bond acceptors (Lipinski definition) is 3. The summed E-state index contributed by atoms with van der Waals surface area (Å²) in [7, 11) is 0. The van der Waals surface area contributed by atoms with Crippen LogP contribution in [0.1, 0.15) is 59.8 Å². The molecule has 0 aromatic heterocycles. The summed E-state index contributed by atoms with van der Waals surface area (Å²) in [4.78, 5) is 26.0. The minimum atomic E-state index is -0.463. The van der Waals surface area contributed by atoms with Crippen LogP contribution in [0.5, 0.6) is 0 Å². The third-order valence-electron chi connectivity index (χ3n) is 4.33. The van der Waals surface area contributed by atoms with Gasteiger partial charge in [-0.1, -0.05) is 0 Å². The molecule has 0 aromatic carbocycles. The molecule has 108 valence electrons. The van der Waals surface area contributed by atoms with Crippen molar-refractivity contribution in [3.8, 4) is 0 Å². The van der Waals surface area contributed by atoms with Gasteiger partial charge in [-0.25, -0.2) is 4.79 Å². The second-order valence-electron chi connectivity index (χ2n) is 7.03. The minimum Gasteiger partial charge on any atom is -0.444 e. The fourth-order valence-corrected chi connectivity index (χ4v) is 3.40. The molecule has 0 aromatic rings. The zero-order valence-corrected chi connectivity index (χ0v) is 12.5. The van der Waals surface area contributed by atoms with E-state index in [1.54, 1.807) is 4.90 Å². The Bertz CT molecular complexity index is 385. The molecule has 2 rings (SSSR count). The summed E-state index contributed by atoms with van der Waals surface area (Å²) < 4.78 is 5.43. The van der Waals surface area contributed by atoms with Crippen LogP contribution in [0, 0.1) is 5.41 Å². The van der Waals surface area contributed by atoms with Crippen LogP contribution in [-0.4, -0.2) is 35.0 Å². The number of nitrogens with zero attached hydrogens (tertiary/aromatic N) is 1. The van der Waals surface area contributed by atoms with E-state index >= 15 is 0 Å². The molecule has 1 aliphatic carbocycles. The van der Waals surface area contributed by atoms with Crippen LogP contribution >= 0.6 is 0 Å². The molecular formula is C15H25NO3. The SMILES string of the molecule is C[C@@H]1C[C@@]2(CCCC2=O)CCN1C(=O)OC(C)(C)C. The average Bonchev–Trinajstić information content (AvgIpc) is 2.57. The number of hydrogen-bond donors (Lipinski definition) is 0. The number of amides is 1. The number of ether oxygens (including phenoxy) is 1. The van der Waals surface area contributed by atoms with Gasteiger partial charge in [-0.05, 0) is 53.4 Å². The van der Waals surface area contributed by atoms with Gasteiger partial charge < -0.3 is 9.64 Å².